The zero-order valence-corrected chi connectivity index (χ0v) is 12.3. The van der Waals surface area contributed by atoms with E-state index < -0.39 is 0 Å². The number of aromatic nitrogens is 1. The number of rotatable bonds is 5. The highest BCUT2D eigenvalue weighted by Gasteiger charge is 2.11. The maximum Gasteiger partial charge on any atom is 0.180 e. The van der Waals surface area contributed by atoms with Crippen LogP contribution in [0.4, 0.5) is 11.4 Å². The summed E-state index contributed by atoms with van der Waals surface area (Å²) >= 11 is 0. The number of pyridine rings is 1. The lowest BCUT2D eigenvalue weighted by Gasteiger charge is -2.24. The molecule has 0 spiro atoms. The lowest BCUT2D eigenvalue weighted by atomic mass is 10.1. The normalized spacial score (nSPS) is 10.3. The second-order valence-corrected chi connectivity index (χ2v) is 4.71. The average molecular weight is 268 g/mol. The van der Waals surface area contributed by atoms with Crippen molar-refractivity contribution in [2.75, 3.05) is 11.4 Å². The molecule has 20 heavy (non-hydrogen) atoms. The SMILES string of the molecule is CCC(=O)c1ccc(N(CC)c2ccccc2C)cn1. The number of ketones is 1. The predicted octanol–water partition coefficient (Wildman–Crippen LogP) is 4.14. The lowest BCUT2D eigenvalue weighted by molar-refractivity contribution is 0.0983. The van der Waals surface area contributed by atoms with E-state index >= 15 is 0 Å². The third-order valence-electron chi connectivity index (χ3n) is 3.39. The molecule has 0 aliphatic rings. The van der Waals surface area contributed by atoms with Gasteiger partial charge >= 0.3 is 0 Å². The molecular formula is C17H20N2O. The van der Waals surface area contributed by atoms with Crippen molar-refractivity contribution in [3.8, 4) is 0 Å². The van der Waals surface area contributed by atoms with Gasteiger partial charge in [0.15, 0.2) is 5.78 Å². The van der Waals surface area contributed by atoms with Crippen LogP contribution in [0.25, 0.3) is 0 Å². The Labute approximate surface area is 120 Å². The highest BCUT2D eigenvalue weighted by Crippen LogP contribution is 2.27. The Morgan fingerprint density at radius 1 is 1.15 bits per heavy atom. The second-order valence-electron chi connectivity index (χ2n) is 4.71. The van der Waals surface area contributed by atoms with Crippen LogP contribution >= 0.6 is 0 Å². The number of hydrogen-bond acceptors (Lipinski definition) is 3. The van der Waals surface area contributed by atoms with E-state index in [2.05, 4.69) is 35.9 Å². The van der Waals surface area contributed by atoms with Crippen LogP contribution in [0.1, 0.15) is 36.3 Å². The Morgan fingerprint density at radius 2 is 1.90 bits per heavy atom. The molecule has 1 aromatic heterocycles. The summed E-state index contributed by atoms with van der Waals surface area (Å²) in [6.45, 7) is 6.91. The van der Waals surface area contributed by atoms with Crippen LogP contribution < -0.4 is 4.90 Å². The number of benzene rings is 1. The third-order valence-corrected chi connectivity index (χ3v) is 3.39. The molecule has 1 aromatic carbocycles. The molecule has 0 atom stereocenters. The highest BCUT2D eigenvalue weighted by atomic mass is 16.1. The molecule has 3 heteroatoms. The van der Waals surface area contributed by atoms with Crippen molar-refractivity contribution in [2.24, 2.45) is 0 Å². The van der Waals surface area contributed by atoms with Crippen molar-refractivity contribution >= 4 is 17.2 Å². The molecule has 0 radical (unpaired) electrons. The average Bonchev–Trinajstić information content (AvgIpc) is 2.50. The summed E-state index contributed by atoms with van der Waals surface area (Å²) in [5.74, 6) is 0.0792. The minimum Gasteiger partial charge on any atom is -0.340 e. The number of nitrogens with zero attached hydrogens (tertiary/aromatic N) is 2. The Hall–Kier alpha value is -2.16. The number of carbonyl (C=O) groups is 1. The van der Waals surface area contributed by atoms with Crippen LogP contribution in [0, 0.1) is 6.92 Å². The van der Waals surface area contributed by atoms with Crippen LogP contribution in [-0.2, 0) is 0 Å². The first-order chi connectivity index (χ1) is 9.67. The number of Topliss-reactive ketones (excluding diaryl/α,β-unsaturated/α-hetero) is 1. The number of para-hydroxylation sites is 1. The van der Waals surface area contributed by atoms with Crippen LogP contribution in [0.3, 0.4) is 0 Å². The van der Waals surface area contributed by atoms with Crippen molar-refractivity contribution in [2.45, 2.75) is 27.2 Å². The summed E-state index contributed by atoms with van der Waals surface area (Å²) in [7, 11) is 0. The van der Waals surface area contributed by atoms with Crippen LogP contribution in [0.15, 0.2) is 42.6 Å². The van der Waals surface area contributed by atoms with Gasteiger partial charge in [-0.2, -0.15) is 0 Å². The van der Waals surface area contributed by atoms with Gasteiger partial charge in [0.25, 0.3) is 0 Å². The smallest absolute Gasteiger partial charge is 0.180 e. The molecule has 0 saturated heterocycles. The van der Waals surface area contributed by atoms with Gasteiger partial charge in [-0.3, -0.25) is 9.78 Å². The molecule has 0 aliphatic heterocycles. The molecule has 0 aliphatic carbocycles. The zero-order valence-electron chi connectivity index (χ0n) is 12.3. The van der Waals surface area contributed by atoms with Gasteiger partial charge in [-0.05, 0) is 37.6 Å². The van der Waals surface area contributed by atoms with E-state index in [4.69, 9.17) is 0 Å². The number of carbonyl (C=O) groups excluding carboxylic acids is 1. The molecule has 0 N–H and O–H groups in total. The zero-order chi connectivity index (χ0) is 14.5. The summed E-state index contributed by atoms with van der Waals surface area (Å²) in [4.78, 5) is 18.1. The minimum atomic E-state index is 0.0792. The van der Waals surface area contributed by atoms with Crippen LogP contribution in [0.5, 0.6) is 0 Å². The van der Waals surface area contributed by atoms with Crippen molar-refractivity contribution in [1.29, 1.82) is 0 Å². The molecule has 2 rings (SSSR count). The fourth-order valence-electron chi connectivity index (χ4n) is 2.25. The van der Waals surface area contributed by atoms with E-state index in [1.54, 1.807) is 6.20 Å². The molecule has 104 valence electrons. The van der Waals surface area contributed by atoms with E-state index in [1.807, 2.05) is 31.2 Å². The molecule has 0 unspecified atom stereocenters. The summed E-state index contributed by atoms with van der Waals surface area (Å²) < 4.78 is 0. The van der Waals surface area contributed by atoms with E-state index in [0.717, 1.165) is 12.2 Å². The maximum absolute atomic E-state index is 11.6. The highest BCUT2D eigenvalue weighted by molar-refractivity contribution is 5.94. The fraction of sp³-hybridized carbons (Fsp3) is 0.294. The van der Waals surface area contributed by atoms with Crippen molar-refractivity contribution in [1.82, 2.24) is 4.98 Å². The molecule has 3 nitrogen and oxygen atoms in total. The van der Waals surface area contributed by atoms with Gasteiger partial charge < -0.3 is 4.90 Å². The molecule has 0 fully saturated rings. The van der Waals surface area contributed by atoms with Crippen LogP contribution in [0.2, 0.25) is 0 Å². The maximum atomic E-state index is 11.6. The van der Waals surface area contributed by atoms with Gasteiger partial charge in [-0.1, -0.05) is 25.1 Å². The van der Waals surface area contributed by atoms with E-state index in [1.165, 1.54) is 11.3 Å². The summed E-state index contributed by atoms with van der Waals surface area (Å²) in [5, 5.41) is 0. The Kier molecular flexibility index (Phi) is 4.51. The third kappa shape index (κ3) is 2.87. The number of aryl methyl sites for hydroxylation is 1. The van der Waals surface area contributed by atoms with Gasteiger partial charge in [0.05, 0.1) is 11.9 Å². The second kappa shape index (κ2) is 6.33. The summed E-state index contributed by atoms with van der Waals surface area (Å²) in [5.41, 5.74) is 3.95. The summed E-state index contributed by atoms with van der Waals surface area (Å²) in [6.07, 6.45) is 2.26. The van der Waals surface area contributed by atoms with Crippen LogP contribution in [-0.4, -0.2) is 17.3 Å². The largest absolute Gasteiger partial charge is 0.340 e. The Bertz CT molecular complexity index is 590. The molecule has 2 aromatic rings. The molecule has 0 saturated carbocycles. The molecule has 0 amide bonds. The van der Waals surface area contributed by atoms with E-state index in [9.17, 15) is 4.79 Å². The summed E-state index contributed by atoms with van der Waals surface area (Å²) in [6, 6.07) is 12.0. The van der Waals surface area contributed by atoms with E-state index in [-0.39, 0.29) is 5.78 Å². The molecule has 0 bridgehead atoms. The first kappa shape index (κ1) is 14.3. The number of anilines is 2. The van der Waals surface area contributed by atoms with Crippen molar-refractivity contribution in [3.05, 3.63) is 53.9 Å². The van der Waals surface area contributed by atoms with Crippen molar-refractivity contribution in [3.63, 3.8) is 0 Å². The van der Waals surface area contributed by atoms with Gasteiger partial charge in [-0.15, -0.1) is 0 Å². The first-order valence-corrected chi connectivity index (χ1v) is 6.99. The topological polar surface area (TPSA) is 33.2 Å². The van der Waals surface area contributed by atoms with E-state index in [0.29, 0.717) is 12.1 Å². The standard InChI is InChI=1S/C17H20N2O/c1-4-17(20)15-11-10-14(12-18-15)19(5-2)16-9-7-6-8-13(16)3/h6-12H,4-5H2,1-3H3. The molecule has 1 heterocycles. The quantitative estimate of drug-likeness (QED) is 0.764. The fourth-order valence-corrected chi connectivity index (χ4v) is 2.25. The lowest BCUT2D eigenvalue weighted by Crippen LogP contribution is -2.17. The van der Waals surface area contributed by atoms with Gasteiger partial charge in [-0.25, -0.2) is 0 Å². The monoisotopic (exact) mass is 268 g/mol. The number of hydrogen-bond donors (Lipinski definition) is 0. The van der Waals surface area contributed by atoms with Crippen molar-refractivity contribution < 1.29 is 4.79 Å². The predicted molar refractivity (Wildman–Crippen MR) is 82.7 cm³/mol. The van der Waals surface area contributed by atoms with Gasteiger partial charge in [0.2, 0.25) is 0 Å². The molecular weight excluding hydrogens is 248 g/mol. The Balaban J connectivity index is 2.33. The van der Waals surface area contributed by atoms with Gasteiger partial charge in [0.1, 0.15) is 5.69 Å². The van der Waals surface area contributed by atoms with Gasteiger partial charge in [0, 0.05) is 18.7 Å². The minimum absolute atomic E-state index is 0.0792. The Morgan fingerprint density at radius 3 is 2.45 bits per heavy atom. The first-order valence-electron chi connectivity index (χ1n) is 6.99.